The highest BCUT2D eigenvalue weighted by Crippen LogP contribution is 2.38. The lowest BCUT2D eigenvalue weighted by Crippen LogP contribution is -2.41. The van der Waals surface area contributed by atoms with Gasteiger partial charge >= 0.3 is 0 Å². The van der Waals surface area contributed by atoms with Crippen LogP contribution in [0.4, 0.5) is 0 Å². The summed E-state index contributed by atoms with van der Waals surface area (Å²) < 4.78 is 11.3. The summed E-state index contributed by atoms with van der Waals surface area (Å²) in [5.41, 5.74) is -0.378. The van der Waals surface area contributed by atoms with Crippen molar-refractivity contribution in [2.75, 3.05) is 5.33 Å². The van der Waals surface area contributed by atoms with E-state index in [2.05, 4.69) is 43.6 Å². The Morgan fingerprint density at radius 2 is 1.45 bits per heavy atom. The third-order valence-electron chi connectivity index (χ3n) is 2.43. The number of hydrogen-bond donors (Lipinski definition) is 0. The topological polar surface area (TPSA) is 18.5 Å². The fourth-order valence-electron chi connectivity index (χ4n) is 1.03. The molecule has 1 rings (SSSR count). The number of rotatable bonds is 1. The van der Waals surface area contributed by atoms with Crippen LogP contribution in [0, 0.1) is 0 Å². The molecule has 0 aromatic carbocycles. The zero-order valence-corrected chi connectivity index (χ0v) is 9.06. The highest BCUT2D eigenvalue weighted by atomic mass is 79.9. The van der Waals surface area contributed by atoms with E-state index >= 15 is 0 Å². The maximum Gasteiger partial charge on any atom is 0.168 e. The third-order valence-corrected chi connectivity index (χ3v) is 2.96. The Balaban J connectivity index is 2.72. The van der Waals surface area contributed by atoms with Crippen LogP contribution in [0.5, 0.6) is 0 Å². The minimum Gasteiger partial charge on any atom is -0.343 e. The van der Waals surface area contributed by atoms with Crippen LogP contribution in [0.2, 0.25) is 0 Å². The van der Waals surface area contributed by atoms with E-state index in [1.54, 1.807) is 0 Å². The summed E-state index contributed by atoms with van der Waals surface area (Å²) >= 11 is 3.33. The van der Waals surface area contributed by atoms with Crippen LogP contribution >= 0.6 is 15.9 Å². The van der Waals surface area contributed by atoms with Gasteiger partial charge in [0.05, 0.1) is 16.5 Å². The number of hydrogen-bond acceptors (Lipinski definition) is 2. The molecule has 1 fully saturated rings. The zero-order valence-electron chi connectivity index (χ0n) is 7.48. The smallest absolute Gasteiger partial charge is 0.168 e. The van der Waals surface area contributed by atoms with E-state index in [1.165, 1.54) is 0 Å². The molecule has 2 nitrogen and oxygen atoms in total. The third kappa shape index (κ3) is 1.60. The molecule has 0 radical (unpaired) electrons. The minimum absolute atomic E-state index is 0.0972. The SMILES string of the molecule is CC1(C)OC(CBr)OC1(C)C. The standard InChI is InChI=1S/C8H15BrO2/c1-7(2)8(3,4)11-6(5-9)10-7/h6H,5H2,1-4H3. The van der Waals surface area contributed by atoms with Crippen LogP contribution in [0.25, 0.3) is 0 Å². The summed E-state index contributed by atoms with van der Waals surface area (Å²) in [6.07, 6.45) is -0.0972. The summed E-state index contributed by atoms with van der Waals surface area (Å²) in [6.45, 7) is 8.20. The van der Waals surface area contributed by atoms with Gasteiger partial charge in [-0.05, 0) is 27.7 Å². The van der Waals surface area contributed by atoms with Crippen molar-refractivity contribution in [2.24, 2.45) is 0 Å². The van der Waals surface area contributed by atoms with Crippen LogP contribution in [0.1, 0.15) is 27.7 Å². The molecule has 0 saturated carbocycles. The number of ether oxygens (including phenoxy) is 2. The molecule has 0 aromatic rings. The van der Waals surface area contributed by atoms with Crippen LogP contribution in [-0.2, 0) is 9.47 Å². The summed E-state index contributed by atoms with van der Waals surface area (Å²) in [7, 11) is 0. The molecule has 1 aliphatic heterocycles. The zero-order chi connectivity index (χ0) is 8.70. The van der Waals surface area contributed by atoms with E-state index < -0.39 is 0 Å². The van der Waals surface area contributed by atoms with E-state index in [0.717, 1.165) is 5.33 Å². The lowest BCUT2D eigenvalue weighted by Gasteiger charge is -2.30. The molecule has 0 N–H and O–H groups in total. The van der Waals surface area contributed by atoms with Gasteiger partial charge in [0, 0.05) is 0 Å². The maximum atomic E-state index is 5.64. The molecule has 1 aliphatic rings. The second-order valence-electron chi connectivity index (χ2n) is 3.84. The van der Waals surface area contributed by atoms with Gasteiger partial charge in [0.15, 0.2) is 6.29 Å². The monoisotopic (exact) mass is 222 g/mol. The molecular formula is C8H15BrO2. The number of alkyl halides is 1. The number of halogens is 1. The molecule has 0 unspecified atom stereocenters. The molecule has 0 aromatic heterocycles. The molecule has 11 heavy (non-hydrogen) atoms. The molecule has 66 valence electrons. The molecule has 0 bridgehead atoms. The molecule has 3 heteroatoms. The van der Waals surface area contributed by atoms with Crippen molar-refractivity contribution < 1.29 is 9.47 Å². The van der Waals surface area contributed by atoms with Crippen molar-refractivity contribution in [1.29, 1.82) is 0 Å². The average molecular weight is 223 g/mol. The van der Waals surface area contributed by atoms with Crippen molar-refractivity contribution in [3.05, 3.63) is 0 Å². The second kappa shape index (κ2) is 2.71. The van der Waals surface area contributed by atoms with Crippen LogP contribution in [0.3, 0.4) is 0 Å². The van der Waals surface area contributed by atoms with Gasteiger partial charge in [0.1, 0.15) is 0 Å². The first kappa shape index (κ1) is 9.49. The Bertz CT molecular complexity index is 138. The summed E-state index contributed by atoms with van der Waals surface area (Å²) in [6, 6.07) is 0. The Morgan fingerprint density at radius 1 is 1.09 bits per heavy atom. The normalized spacial score (nSPS) is 29.2. The minimum atomic E-state index is -0.189. The molecule has 0 atom stereocenters. The van der Waals surface area contributed by atoms with Gasteiger partial charge in [-0.1, -0.05) is 15.9 Å². The van der Waals surface area contributed by atoms with E-state index in [9.17, 15) is 0 Å². The van der Waals surface area contributed by atoms with Crippen molar-refractivity contribution in [1.82, 2.24) is 0 Å². The van der Waals surface area contributed by atoms with E-state index in [0.29, 0.717) is 0 Å². The van der Waals surface area contributed by atoms with Gasteiger partial charge in [-0.25, -0.2) is 0 Å². The average Bonchev–Trinajstić information content (AvgIpc) is 2.03. The molecule has 0 spiro atoms. The Morgan fingerprint density at radius 3 is 1.64 bits per heavy atom. The Kier molecular flexibility index (Phi) is 2.34. The van der Waals surface area contributed by atoms with Gasteiger partial charge in [0.2, 0.25) is 0 Å². The van der Waals surface area contributed by atoms with E-state index in [-0.39, 0.29) is 17.5 Å². The van der Waals surface area contributed by atoms with Gasteiger partial charge in [0.25, 0.3) is 0 Å². The summed E-state index contributed by atoms with van der Waals surface area (Å²) in [5.74, 6) is 0. The first-order chi connectivity index (χ1) is 4.89. The van der Waals surface area contributed by atoms with Crippen LogP contribution in [-0.4, -0.2) is 22.8 Å². The van der Waals surface area contributed by atoms with Crippen molar-refractivity contribution >= 4 is 15.9 Å². The Hall–Kier alpha value is 0.400. The largest absolute Gasteiger partial charge is 0.343 e. The summed E-state index contributed by atoms with van der Waals surface area (Å²) in [4.78, 5) is 0. The fraction of sp³-hybridized carbons (Fsp3) is 1.00. The van der Waals surface area contributed by atoms with Crippen molar-refractivity contribution in [3.8, 4) is 0 Å². The van der Waals surface area contributed by atoms with Gasteiger partial charge in [-0.3, -0.25) is 0 Å². The first-order valence-electron chi connectivity index (χ1n) is 3.81. The van der Waals surface area contributed by atoms with E-state index in [1.807, 2.05) is 0 Å². The lowest BCUT2D eigenvalue weighted by atomic mass is 9.90. The first-order valence-corrected chi connectivity index (χ1v) is 4.93. The van der Waals surface area contributed by atoms with Gasteiger partial charge in [-0.2, -0.15) is 0 Å². The molecule has 1 heterocycles. The van der Waals surface area contributed by atoms with Gasteiger partial charge < -0.3 is 9.47 Å². The molecule has 0 amide bonds. The molecular weight excluding hydrogens is 208 g/mol. The fourth-order valence-corrected chi connectivity index (χ4v) is 1.29. The molecule has 1 saturated heterocycles. The second-order valence-corrected chi connectivity index (χ2v) is 4.49. The predicted octanol–water partition coefficient (Wildman–Crippen LogP) is 2.31. The summed E-state index contributed by atoms with van der Waals surface area (Å²) in [5, 5.41) is 0.736. The van der Waals surface area contributed by atoms with Crippen molar-refractivity contribution in [3.63, 3.8) is 0 Å². The molecule has 0 aliphatic carbocycles. The van der Waals surface area contributed by atoms with E-state index in [4.69, 9.17) is 9.47 Å². The van der Waals surface area contributed by atoms with Crippen molar-refractivity contribution in [2.45, 2.75) is 45.2 Å². The highest BCUT2D eigenvalue weighted by molar-refractivity contribution is 9.09. The van der Waals surface area contributed by atoms with Gasteiger partial charge in [-0.15, -0.1) is 0 Å². The van der Waals surface area contributed by atoms with Crippen LogP contribution in [0.15, 0.2) is 0 Å². The Labute approximate surface area is 76.4 Å². The lowest BCUT2D eigenvalue weighted by molar-refractivity contribution is -0.0674. The quantitative estimate of drug-likeness (QED) is 0.635. The van der Waals surface area contributed by atoms with Crippen LogP contribution < -0.4 is 0 Å². The highest BCUT2D eigenvalue weighted by Gasteiger charge is 2.48. The maximum absolute atomic E-state index is 5.64. The predicted molar refractivity (Wildman–Crippen MR) is 47.9 cm³/mol.